The van der Waals surface area contributed by atoms with Crippen LogP contribution in [0.5, 0.6) is 5.75 Å². The zero-order valence-electron chi connectivity index (χ0n) is 14.6. The first-order valence-corrected chi connectivity index (χ1v) is 8.95. The molecule has 1 fully saturated rings. The highest BCUT2D eigenvalue weighted by atomic mass is 35.5. The Bertz CT molecular complexity index is 750. The molecular formula is C20H23ClN2O2. The summed E-state index contributed by atoms with van der Waals surface area (Å²) in [5, 5.41) is 3.60. The van der Waals surface area contributed by atoms with Crippen LogP contribution in [0.25, 0.3) is 0 Å². The summed E-state index contributed by atoms with van der Waals surface area (Å²) in [5.74, 6) is 0.514. The van der Waals surface area contributed by atoms with E-state index >= 15 is 0 Å². The summed E-state index contributed by atoms with van der Waals surface area (Å²) in [6, 6.07) is 11.5. The molecule has 3 rings (SSSR count). The molecule has 1 heterocycles. The van der Waals surface area contributed by atoms with Crippen molar-refractivity contribution in [1.82, 2.24) is 0 Å². The molecule has 0 aliphatic carbocycles. The van der Waals surface area contributed by atoms with E-state index in [1.807, 2.05) is 44.2 Å². The van der Waals surface area contributed by atoms with Crippen LogP contribution in [0.1, 0.15) is 24.0 Å². The third kappa shape index (κ3) is 4.45. The Morgan fingerprint density at radius 3 is 2.52 bits per heavy atom. The molecule has 2 aromatic carbocycles. The molecule has 1 amide bonds. The molecule has 1 saturated heterocycles. The van der Waals surface area contributed by atoms with Gasteiger partial charge in [-0.1, -0.05) is 23.7 Å². The van der Waals surface area contributed by atoms with Gasteiger partial charge in [0, 0.05) is 13.1 Å². The van der Waals surface area contributed by atoms with Crippen LogP contribution in [-0.4, -0.2) is 25.6 Å². The van der Waals surface area contributed by atoms with E-state index in [0.717, 1.165) is 48.4 Å². The normalized spacial score (nSPS) is 13.8. The average molecular weight is 359 g/mol. The van der Waals surface area contributed by atoms with Crippen LogP contribution >= 0.6 is 11.6 Å². The van der Waals surface area contributed by atoms with Crippen molar-refractivity contribution in [2.24, 2.45) is 0 Å². The maximum atomic E-state index is 12.3. The lowest BCUT2D eigenvalue weighted by Gasteiger charge is -2.23. The highest BCUT2D eigenvalue weighted by Crippen LogP contribution is 2.35. The van der Waals surface area contributed by atoms with Gasteiger partial charge in [-0.15, -0.1) is 0 Å². The van der Waals surface area contributed by atoms with Gasteiger partial charge in [-0.3, -0.25) is 4.79 Å². The van der Waals surface area contributed by atoms with E-state index in [9.17, 15) is 4.79 Å². The Balaban J connectivity index is 1.67. The van der Waals surface area contributed by atoms with E-state index in [4.69, 9.17) is 16.3 Å². The van der Waals surface area contributed by atoms with Crippen LogP contribution in [0.2, 0.25) is 5.02 Å². The van der Waals surface area contributed by atoms with Gasteiger partial charge in [0.05, 0.1) is 16.4 Å². The van der Waals surface area contributed by atoms with Crippen LogP contribution in [0, 0.1) is 13.8 Å². The Morgan fingerprint density at radius 1 is 1.16 bits per heavy atom. The van der Waals surface area contributed by atoms with Crippen molar-refractivity contribution < 1.29 is 9.53 Å². The lowest BCUT2D eigenvalue weighted by Crippen LogP contribution is -2.24. The summed E-state index contributed by atoms with van der Waals surface area (Å²) in [6.45, 7) is 5.91. The van der Waals surface area contributed by atoms with E-state index in [2.05, 4.69) is 16.3 Å². The van der Waals surface area contributed by atoms with Gasteiger partial charge in [0.1, 0.15) is 5.75 Å². The fraction of sp³-hybridized carbons (Fsp3) is 0.350. The van der Waals surface area contributed by atoms with Crippen molar-refractivity contribution in [2.45, 2.75) is 26.7 Å². The Hall–Kier alpha value is -2.20. The van der Waals surface area contributed by atoms with Crippen molar-refractivity contribution >= 4 is 28.9 Å². The summed E-state index contributed by atoms with van der Waals surface area (Å²) in [6.07, 6.45) is 2.29. The van der Waals surface area contributed by atoms with Crippen molar-refractivity contribution in [2.75, 3.05) is 29.9 Å². The van der Waals surface area contributed by atoms with Crippen LogP contribution in [0.4, 0.5) is 11.4 Å². The van der Waals surface area contributed by atoms with Gasteiger partial charge in [0.2, 0.25) is 0 Å². The van der Waals surface area contributed by atoms with E-state index in [-0.39, 0.29) is 12.5 Å². The van der Waals surface area contributed by atoms with E-state index < -0.39 is 0 Å². The number of carbonyl (C=O) groups excluding carboxylic acids is 1. The molecule has 0 aromatic heterocycles. The van der Waals surface area contributed by atoms with E-state index in [1.54, 1.807) is 0 Å². The third-order valence-electron chi connectivity index (χ3n) is 4.25. The van der Waals surface area contributed by atoms with Crippen molar-refractivity contribution in [1.29, 1.82) is 0 Å². The number of para-hydroxylation sites is 1. The predicted molar refractivity (Wildman–Crippen MR) is 103 cm³/mol. The molecule has 1 N–H and O–H groups in total. The van der Waals surface area contributed by atoms with Gasteiger partial charge in [-0.05, 0) is 62.1 Å². The zero-order chi connectivity index (χ0) is 17.8. The molecule has 0 saturated carbocycles. The minimum absolute atomic E-state index is 0.0329. The van der Waals surface area contributed by atoms with E-state index in [0.29, 0.717) is 10.8 Å². The fourth-order valence-corrected chi connectivity index (χ4v) is 3.52. The number of aryl methyl sites for hydroxylation is 2. The number of benzene rings is 2. The van der Waals surface area contributed by atoms with Crippen LogP contribution < -0.4 is 15.0 Å². The SMILES string of the molecule is Cc1cc(C)cc(OCC(=O)Nc2cccc(Cl)c2N2CCCC2)c1. The minimum Gasteiger partial charge on any atom is -0.484 e. The number of rotatable bonds is 5. The number of hydrogen-bond donors (Lipinski definition) is 1. The number of nitrogens with one attached hydrogen (secondary N) is 1. The number of halogens is 1. The van der Waals surface area contributed by atoms with Gasteiger partial charge in [-0.2, -0.15) is 0 Å². The lowest BCUT2D eigenvalue weighted by atomic mass is 10.1. The molecule has 0 radical (unpaired) electrons. The molecule has 0 unspecified atom stereocenters. The maximum absolute atomic E-state index is 12.3. The van der Waals surface area contributed by atoms with Gasteiger partial charge < -0.3 is 15.0 Å². The second-order valence-electron chi connectivity index (χ2n) is 6.49. The molecule has 0 spiro atoms. The highest BCUT2D eigenvalue weighted by Gasteiger charge is 2.19. The number of anilines is 2. The van der Waals surface area contributed by atoms with Crippen LogP contribution in [0.3, 0.4) is 0 Å². The van der Waals surface area contributed by atoms with Crippen LogP contribution in [-0.2, 0) is 4.79 Å². The molecule has 4 nitrogen and oxygen atoms in total. The number of nitrogens with zero attached hydrogens (tertiary/aromatic N) is 1. The highest BCUT2D eigenvalue weighted by molar-refractivity contribution is 6.34. The zero-order valence-corrected chi connectivity index (χ0v) is 15.4. The largest absolute Gasteiger partial charge is 0.484 e. The third-order valence-corrected chi connectivity index (χ3v) is 4.55. The summed E-state index contributed by atoms with van der Waals surface area (Å²) >= 11 is 6.38. The monoisotopic (exact) mass is 358 g/mol. The number of hydrogen-bond acceptors (Lipinski definition) is 3. The molecule has 0 atom stereocenters. The van der Waals surface area contributed by atoms with Crippen molar-refractivity contribution in [3.8, 4) is 5.75 Å². The van der Waals surface area contributed by atoms with Gasteiger partial charge in [0.15, 0.2) is 6.61 Å². The molecule has 5 heteroatoms. The maximum Gasteiger partial charge on any atom is 0.262 e. The second kappa shape index (κ2) is 7.79. The molecule has 0 bridgehead atoms. The first-order chi connectivity index (χ1) is 12.0. The number of ether oxygens (including phenoxy) is 1. The summed E-state index contributed by atoms with van der Waals surface area (Å²) in [5.41, 5.74) is 3.87. The van der Waals surface area contributed by atoms with Crippen molar-refractivity contribution in [3.63, 3.8) is 0 Å². The molecule has 2 aromatic rings. The minimum atomic E-state index is -0.193. The van der Waals surface area contributed by atoms with Gasteiger partial charge in [0.25, 0.3) is 5.91 Å². The molecule has 25 heavy (non-hydrogen) atoms. The quantitative estimate of drug-likeness (QED) is 0.850. The Morgan fingerprint density at radius 2 is 1.84 bits per heavy atom. The molecule has 1 aliphatic heterocycles. The topological polar surface area (TPSA) is 41.6 Å². The first kappa shape index (κ1) is 17.6. The number of carbonyl (C=O) groups is 1. The molecular weight excluding hydrogens is 336 g/mol. The summed E-state index contributed by atoms with van der Waals surface area (Å²) in [4.78, 5) is 14.6. The predicted octanol–water partition coefficient (Wildman–Crippen LogP) is 4.57. The van der Waals surface area contributed by atoms with Gasteiger partial charge in [-0.25, -0.2) is 0 Å². The summed E-state index contributed by atoms with van der Waals surface area (Å²) < 4.78 is 5.64. The smallest absolute Gasteiger partial charge is 0.262 e. The Labute approximate surface area is 153 Å². The molecule has 1 aliphatic rings. The standard InChI is InChI=1S/C20H23ClN2O2/c1-14-10-15(2)12-16(11-14)25-13-19(24)22-18-7-5-6-17(21)20(18)23-8-3-4-9-23/h5-7,10-12H,3-4,8-9,13H2,1-2H3,(H,22,24). The van der Waals surface area contributed by atoms with E-state index in [1.165, 1.54) is 0 Å². The molecule has 132 valence electrons. The van der Waals surface area contributed by atoms with Crippen LogP contribution in [0.15, 0.2) is 36.4 Å². The second-order valence-corrected chi connectivity index (χ2v) is 6.90. The lowest BCUT2D eigenvalue weighted by molar-refractivity contribution is -0.118. The average Bonchev–Trinajstić information content (AvgIpc) is 3.06. The van der Waals surface area contributed by atoms with Gasteiger partial charge >= 0.3 is 0 Å². The Kier molecular flexibility index (Phi) is 5.49. The number of amides is 1. The fourth-order valence-electron chi connectivity index (χ4n) is 3.23. The first-order valence-electron chi connectivity index (χ1n) is 8.57. The summed E-state index contributed by atoms with van der Waals surface area (Å²) in [7, 11) is 0. The van der Waals surface area contributed by atoms with Crippen molar-refractivity contribution in [3.05, 3.63) is 52.5 Å².